The van der Waals surface area contributed by atoms with Crippen LogP contribution < -0.4 is 15.4 Å². The van der Waals surface area contributed by atoms with E-state index in [0.29, 0.717) is 11.7 Å². The Kier molecular flexibility index (Phi) is 5.16. The molecule has 1 aromatic rings. The Balaban J connectivity index is 1.88. The van der Waals surface area contributed by atoms with Crippen molar-refractivity contribution in [3.8, 4) is 5.75 Å². The van der Waals surface area contributed by atoms with Gasteiger partial charge in [0, 0.05) is 6.04 Å². The largest absolute Gasteiger partial charge is 0.494 e. The number of methoxy groups -OCH3 is 1. The van der Waals surface area contributed by atoms with Crippen molar-refractivity contribution in [1.29, 1.82) is 0 Å². The van der Waals surface area contributed by atoms with E-state index in [4.69, 9.17) is 4.74 Å². The standard InChI is InChI=1S/C15H23FN2O/c1-11(18-10-12-4-3-7-17-9-12)13-5-6-15(19-2)14(16)8-13/h5-6,8,11-12,17-18H,3-4,7,9-10H2,1-2H3. The molecule has 0 amide bonds. The van der Waals surface area contributed by atoms with Crippen molar-refractivity contribution in [3.05, 3.63) is 29.6 Å². The minimum absolute atomic E-state index is 0.155. The van der Waals surface area contributed by atoms with Crippen LogP contribution in [0.2, 0.25) is 0 Å². The predicted molar refractivity (Wildman–Crippen MR) is 75.0 cm³/mol. The van der Waals surface area contributed by atoms with Crippen LogP contribution in [0, 0.1) is 11.7 Å². The molecule has 3 nitrogen and oxygen atoms in total. The second-order valence-electron chi connectivity index (χ2n) is 5.24. The highest BCUT2D eigenvalue weighted by Crippen LogP contribution is 2.22. The van der Waals surface area contributed by atoms with E-state index in [1.165, 1.54) is 20.0 Å². The van der Waals surface area contributed by atoms with Gasteiger partial charge in [-0.05, 0) is 63.0 Å². The summed E-state index contributed by atoms with van der Waals surface area (Å²) >= 11 is 0. The van der Waals surface area contributed by atoms with Gasteiger partial charge in [-0.3, -0.25) is 0 Å². The Bertz CT molecular complexity index is 405. The highest BCUT2D eigenvalue weighted by Gasteiger charge is 2.15. The molecule has 1 aliphatic rings. The van der Waals surface area contributed by atoms with Crippen LogP contribution in [0.5, 0.6) is 5.75 Å². The van der Waals surface area contributed by atoms with Gasteiger partial charge < -0.3 is 15.4 Å². The normalized spacial score (nSPS) is 21.1. The SMILES string of the molecule is COc1ccc(C(C)NCC2CCCNC2)cc1F. The molecule has 1 saturated heterocycles. The van der Waals surface area contributed by atoms with Crippen LogP contribution in [0.1, 0.15) is 31.4 Å². The lowest BCUT2D eigenvalue weighted by molar-refractivity contribution is 0.347. The van der Waals surface area contributed by atoms with E-state index in [9.17, 15) is 4.39 Å². The number of piperidine rings is 1. The molecule has 106 valence electrons. The molecule has 0 aliphatic carbocycles. The van der Waals surface area contributed by atoms with Gasteiger partial charge in [0.2, 0.25) is 0 Å². The van der Waals surface area contributed by atoms with Gasteiger partial charge in [0.15, 0.2) is 11.6 Å². The molecule has 2 rings (SSSR count). The third-order valence-electron chi connectivity index (χ3n) is 3.79. The Morgan fingerprint density at radius 3 is 3.00 bits per heavy atom. The molecule has 2 unspecified atom stereocenters. The zero-order valence-electron chi connectivity index (χ0n) is 11.7. The van der Waals surface area contributed by atoms with Crippen molar-refractivity contribution in [2.45, 2.75) is 25.8 Å². The first-order valence-electron chi connectivity index (χ1n) is 6.98. The van der Waals surface area contributed by atoms with E-state index in [1.807, 2.05) is 6.07 Å². The molecule has 1 fully saturated rings. The first-order valence-corrected chi connectivity index (χ1v) is 6.98. The van der Waals surface area contributed by atoms with E-state index >= 15 is 0 Å². The summed E-state index contributed by atoms with van der Waals surface area (Å²) in [5.74, 6) is 0.680. The first kappa shape index (κ1) is 14.3. The van der Waals surface area contributed by atoms with Crippen molar-refractivity contribution in [3.63, 3.8) is 0 Å². The Hall–Kier alpha value is -1.13. The molecule has 4 heteroatoms. The van der Waals surface area contributed by atoms with Gasteiger partial charge in [-0.15, -0.1) is 0 Å². The fourth-order valence-electron chi connectivity index (χ4n) is 2.51. The van der Waals surface area contributed by atoms with Gasteiger partial charge >= 0.3 is 0 Å². The fraction of sp³-hybridized carbons (Fsp3) is 0.600. The van der Waals surface area contributed by atoms with Crippen LogP contribution >= 0.6 is 0 Å². The molecule has 1 aromatic carbocycles. The summed E-state index contributed by atoms with van der Waals surface area (Å²) in [7, 11) is 1.48. The van der Waals surface area contributed by atoms with Crippen molar-refractivity contribution in [1.82, 2.24) is 10.6 Å². The number of ether oxygens (including phenoxy) is 1. The Morgan fingerprint density at radius 1 is 1.53 bits per heavy atom. The molecular formula is C15H23FN2O. The third-order valence-corrected chi connectivity index (χ3v) is 3.79. The van der Waals surface area contributed by atoms with Gasteiger partial charge in [0.25, 0.3) is 0 Å². The lowest BCUT2D eigenvalue weighted by atomic mass is 9.99. The summed E-state index contributed by atoms with van der Waals surface area (Å²) in [6.45, 7) is 5.26. The highest BCUT2D eigenvalue weighted by molar-refractivity contribution is 5.30. The molecule has 0 radical (unpaired) electrons. The maximum absolute atomic E-state index is 13.6. The molecule has 0 aromatic heterocycles. The van der Waals surface area contributed by atoms with Crippen molar-refractivity contribution < 1.29 is 9.13 Å². The molecule has 2 N–H and O–H groups in total. The van der Waals surface area contributed by atoms with Crippen LogP contribution in [-0.2, 0) is 0 Å². The van der Waals surface area contributed by atoms with Gasteiger partial charge in [0.1, 0.15) is 0 Å². The summed E-state index contributed by atoms with van der Waals surface area (Å²) in [5, 5.41) is 6.89. The Labute approximate surface area is 114 Å². The average Bonchev–Trinajstić information content (AvgIpc) is 2.45. The van der Waals surface area contributed by atoms with Crippen LogP contribution in [0.4, 0.5) is 4.39 Å². The smallest absolute Gasteiger partial charge is 0.165 e. The number of hydrogen-bond acceptors (Lipinski definition) is 3. The highest BCUT2D eigenvalue weighted by atomic mass is 19.1. The van der Waals surface area contributed by atoms with Crippen LogP contribution in [0.15, 0.2) is 18.2 Å². The zero-order chi connectivity index (χ0) is 13.7. The van der Waals surface area contributed by atoms with Crippen LogP contribution in [0.25, 0.3) is 0 Å². The van der Waals surface area contributed by atoms with Crippen LogP contribution in [0.3, 0.4) is 0 Å². The molecule has 19 heavy (non-hydrogen) atoms. The lowest BCUT2D eigenvalue weighted by Gasteiger charge is -2.25. The predicted octanol–water partition coefficient (Wildman–Crippen LogP) is 2.48. The van der Waals surface area contributed by atoms with Gasteiger partial charge in [-0.25, -0.2) is 4.39 Å². The molecule has 0 spiro atoms. The monoisotopic (exact) mass is 266 g/mol. The number of rotatable bonds is 5. The summed E-state index contributed by atoms with van der Waals surface area (Å²) in [6, 6.07) is 5.31. The Morgan fingerprint density at radius 2 is 2.37 bits per heavy atom. The third kappa shape index (κ3) is 3.91. The van der Waals surface area contributed by atoms with E-state index in [2.05, 4.69) is 17.6 Å². The minimum atomic E-state index is -0.298. The number of halogens is 1. The minimum Gasteiger partial charge on any atom is -0.494 e. The van der Waals surface area contributed by atoms with Crippen molar-refractivity contribution >= 4 is 0 Å². The van der Waals surface area contributed by atoms with E-state index in [1.54, 1.807) is 12.1 Å². The van der Waals surface area contributed by atoms with E-state index in [0.717, 1.165) is 25.2 Å². The van der Waals surface area contributed by atoms with Crippen LogP contribution in [-0.4, -0.2) is 26.7 Å². The summed E-state index contributed by atoms with van der Waals surface area (Å²) in [5.41, 5.74) is 0.960. The number of benzene rings is 1. The van der Waals surface area contributed by atoms with E-state index < -0.39 is 0 Å². The summed E-state index contributed by atoms with van der Waals surface area (Å²) in [4.78, 5) is 0. The summed E-state index contributed by atoms with van der Waals surface area (Å²) in [6.07, 6.45) is 2.52. The molecule has 2 atom stereocenters. The first-order chi connectivity index (χ1) is 9.20. The molecule has 0 saturated carbocycles. The number of nitrogens with one attached hydrogen (secondary N) is 2. The average molecular weight is 266 g/mol. The lowest BCUT2D eigenvalue weighted by Crippen LogP contribution is -2.36. The quantitative estimate of drug-likeness (QED) is 0.859. The molecule has 1 heterocycles. The van der Waals surface area contributed by atoms with Gasteiger partial charge in [-0.1, -0.05) is 6.07 Å². The number of hydrogen-bond donors (Lipinski definition) is 2. The molecular weight excluding hydrogens is 243 g/mol. The second kappa shape index (κ2) is 6.87. The van der Waals surface area contributed by atoms with Gasteiger partial charge in [0.05, 0.1) is 7.11 Å². The fourth-order valence-corrected chi connectivity index (χ4v) is 2.51. The molecule has 1 aliphatic heterocycles. The topological polar surface area (TPSA) is 33.3 Å². The molecule has 0 bridgehead atoms. The summed E-state index contributed by atoms with van der Waals surface area (Å²) < 4.78 is 18.6. The maximum atomic E-state index is 13.6. The van der Waals surface area contributed by atoms with E-state index in [-0.39, 0.29) is 11.9 Å². The second-order valence-corrected chi connectivity index (χ2v) is 5.24. The van der Waals surface area contributed by atoms with Crippen molar-refractivity contribution in [2.24, 2.45) is 5.92 Å². The maximum Gasteiger partial charge on any atom is 0.165 e. The van der Waals surface area contributed by atoms with Gasteiger partial charge in [-0.2, -0.15) is 0 Å². The van der Waals surface area contributed by atoms with Crippen molar-refractivity contribution in [2.75, 3.05) is 26.7 Å². The zero-order valence-corrected chi connectivity index (χ0v) is 11.7.